The molecule has 0 amide bonds. The highest BCUT2D eigenvalue weighted by atomic mass is 16.3. The van der Waals surface area contributed by atoms with E-state index < -0.39 is 0 Å². The van der Waals surface area contributed by atoms with Gasteiger partial charge in [0, 0.05) is 24.2 Å². The lowest BCUT2D eigenvalue weighted by Crippen LogP contribution is -1.85. The van der Waals surface area contributed by atoms with Crippen molar-refractivity contribution in [3.63, 3.8) is 0 Å². The van der Waals surface area contributed by atoms with E-state index in [-0.39, 0.29) is 0 Å². The smallest absolute Gasteiger partial charge is 0.181 e. The highest BCUT2D eigenvalue weighted by Crippen LogP contribution is 2.30. The maximum absolute atomic E-state index is 5.20. The lowest BCUT2D eigenvalue weighted by molar-refractivity contribution is 0.568. The van der Waals surface area contributed by atoms with Gasteiger partial charge in [0.1, 0.15) is 23.2 Å². The molecular formula is C21H16N8O. The molecule has 0 aliphatic heterocycles. The number of allylic oxidation sites excluding steroid dienone is 1. The molecule has 0 unspecified atom stereocenters. The van der Waals surface area contributed by atoms with Crippen LogP contribution in [0.2, 0.25) is 0 Å². The number of aliphatic imine (C=N–C) groups is 2. The largest absolute Gasteiger partial charge is 0.472 e. The summed E-state index contributed by atoms with van der Waals surface area (Å²) in [5, 5.41) is 8.21. The molecule has 0 aromatic carbocycles. The van der Waals surface area contributed by atoms with E-state index in [0.717, 1.165) is 44.5 Å². The van der Waals surface area contributed by atoms with E-state index in [9.17, 15) is 0 Å². The van der Waals surface area contributed by atoms with Gasteiger partial charge in [-0.2, -0.15) is 5.10 Å². The summed E-state index contributed by atoms with van der Waals surface area (Å²) in [7, 11) is 0. The van der Waals surface area contributed by atoms with Crippen molar-refractivity contribution in [1.82, 2.24) is 30.1 Å². The van der Waals surface area contributed by atoms with E-state index in [1.165, 1.54) is 6.34 Å². The number of nitrogens with one attached hydrogen (secondary N) is 2. The van der Waals surface area contributed by atoms with Crippen LogP contribution >= 0.6 is 0 Å². The Kier molecular flexibility index (Phi) is 4.25. The van der Waals surface area contributed by atoms with Gasteiger partial charge in [0.25, 0.3) is 0 Å². The van der Waals surface area contributed by atoms with E-state index in [4.69, 9.17) is 9.40 Å². The fraction of sp³-hybridized carbons (Fsp3) is 0.0476. The van der Waals surface area contributed by atoms with Gasteiger partial charge in [-0.1, -0.05) is 0 Å². The number of aromatic amines is 2. The van der Waals surface area contributed by atoms with Gasteiger partial charge in [-0.05, 0) is 43.0 Å². The minimum Gasteiger partial charge on any atom is -0.472 e. The Labute approximate surface area is 170 Å². The Morgan fingerprint density at radius 2 is 2.20 bits per heavy atom. The van der Waals surface area contributed by atoms with Gasteiger partial charge in [0.05, 0.1) is 23.4 Å². The van der Waals surface area contributed by atoms with Crippen molar-refractivity contribution in [2.24, 2.45) is 9.98 Å². The van der Waals surface area contributed by atoms with Crippen LogP contribution in [0.1, 0.15) is 12.5 Å². The fourth-order valence-corrected chi connectivity index (χ4v) is 3.23. The molecule has 0 radical (unpaired) electrons. The van der Waals surface area contributed by atoms with Gasteiger partial charge >= 0.3 is 0 Å². The second kappa shape index (κ2) is 7.21. The van der Waals surface area contributed by atoms with Crippen LogP contribution in [0.15, 0.2) is 63.7 Å². The van der Waals surface area contributed by atoms with E-state index in [1.807, 2.05) is 25.1 Å². The molecule has 0 saturated carbocycles. The number of rotatable bonds is 5. The van der Waals surface area contributed by atoms with Gasteiger partial charge in [-0.3, -0.25) is 15.1 Å². The Bertz CT molecular complexity index is 1420. The third kappa shape index (κ3) is 2.98. The van der Waals surface area contributed by atoms with Crippen molar-refractivity contribution in [3.8, 4) is 22.8 Å². The molecule has 0 atom stereocenters. The summed E-state index contributed by atoms with van der Waals surface area (Å²) in [5.41, 5.74) is 6.44. The first-order chi connectivity index (χ1) is 14.7. The average Bonchev–Trinajstić information content (AvgIpc) is 3.51. The normalized spacial score (nSPS) is 12.4. The molecule has 5 aromatic heterocycles. The standard InChI is InChI=1S/C21H16N8O/c1-12(8-23-11-22-2)14-7-15-18(28-29-20(15)25-9-14)21-26-16-3-5-24-17(19(16)27-21)13-4-6-30-10-13/h3-11H,2H2,1H3,(H,26,27)(H,25,28,29)/b12-8+,23-11?. The Morgan fingerprint density at radius 1 is 1.27 bits per heavy atom. The molecule has 0 fully saturated rings. The summed E-state index contributed by atoms with van der Waals surface area (Å²) >= 11 is 0. The highest BCUT2D eigenvalue weighted by molar-refractivity contribution is 5.95. The Hall–Kier alpha value is -4.40. The maximum atomic E-state index is 5.20. The molecule has 0 saturated heterocycles. The molecule has 0 bridgehead atoms. The van der Waals surface area contributed by atoms with Gasteiger partial charge in [0.15, 0.2) is 11.5 Å². The summed E-state index contributed by atoms with van der Waals surface area (Å²) in [4.78, 5) is 24.7. The summed E-state index contributed by atoms with van der Waals surface area (Å²) in [6, 6.07) is 5.75. The van der Waals surface area contributed by atoms with Crippen molar-refractivity contribution in [1.29, 1.82) is 0 Å². The minimum absolute atomic E-state index is 0.603. The summed E-state index contributed by atoms with van der Waals surface area (Å²) in [6.45, 7) is 5.33. The number of imidazole rings is 1. The van der Waals surface area contributed by atoms with Gasteiger partial charge < -0.3 is 9.40 Å². The zero-order valence-corrected chi connectivity index (χ0v) is 16.0. The monoisotopic (exact) mass is 396 g/mol. The molecule has 5 heterocycles. The van der Waals surface area contributed by atoms with Gasteiger partial charge in [-0.15, -0.1) is 0 Å². The van der Waals surface area contributed by atoms with Crippen LogP contribution in [-0.2, 0) is 0 Å². The summed E-state index contributed by atoms with van der Waals surface area (Å²) < 4.78 is 5.20. The second-order valence-corrected chi connectivity index (χ2v) is 6.61. The van der Waals surface area contributed by atoms with Gasteiger partial charge in [-0.25, -0.2) is 15.0 Å². The molecular weight excluding hydrogens is 380 g/mol. The fourth-order valence-electron chi connectivity index (χ4n) is 3.23. The predicted molar refractivity (Wildman–Crippen MR) is 116 cm³/mol. The van der Waals surface area contributed by atoms with Crippen molar-refractivity contribution in [2.75, 3.05) is 0 Å². The molecule has 0 aliphatic rings. The molecule has 5 aromatic rings. The van der Waals surface area contributed by atoms with Crippen LogP contribution in [0.5, 0.6) is 0 Å². The molecule has 0 spiro atoms. The van der Waals surface area contributed by atoms with Gasteiger partial charge in [0.2, 0.25) is 0 Å². The number of hydrogen-bond acceptors (Lipinski definition) is 6. The molecule has 5 rings (SSSR count). The maximum Gasteiger partial charge on any atom is 0.181 e. The molecule has 146 valence electrons. The van der Waals surface area contributed by atoms with Crippen LogP contribution in [-0.4, -0.2) is 43.2 Å². The van der Waals surface area contributed by atoms with Crippen molar-refractivity contribution in [3.05, 3.63) is 54.9 Å². The van der Waals surface area contributed by atoms with Crippen molar-refractivity contribution in [2.45, 2.75) is 6.92 Å². The van der Waals surface area contributed by atoms with Crippen LogP contribution in [0.4, 0.5) is 0 Å². The predicted octanol–water partition coefficient (Wildman–Crippen LogP) is 4.25. The zero-order valence-electron chi connectivity index (χ0n) is 16.0. The molecule has 30 heavy (non-hydrogen) atoms. The average molecular weight is 396 g/mol. The Morgan fingerprint density at radius 3 is 3.03 bits per heavy atom. The lowest BCUT2D eigenvalue weighted by atomic mass is 10.1. The minimum atomic E-state index is 0.603. The van der Waals surface area contributed by atoms with Crippen LogP contribution < -0.4 is 0 Å². The van der Waals surface area contributed by atoms with E-state index >= 15 is 0 Å². The highest BCUT2D eigenvalue weighted by Gasteiger charge is 2.16. The molecule has 9 nitrogen and oxygen atoms in total. The molecule has 0 aliphatic carbocycles. The first-order valence-electron chi connectivity index (χ1n) is 9.11. The number of nitrogens with zero attached hydrogens (tertiary/aromatic N) is 6. The molecule has 9 heteroatoms. The van der Waals surface area contributed by atoms with Crippen molar-refractivity contribution >= 4 is 40.7 Å². The van der Waals surface area contributed by atoms with E-state index in [0.29, 0.717) is 11.5 Å². The number of furan rings is 1. The number of hydrogen-bond donors (Lipinski definition) is 2. The topological polar surface area (TPSA) is 121 Å². The van der Waals surface area contributed by atoms with E-state index in [1.54, 1.807) is 31.1 Å². The number of fused-ring (bicyclic) bond motifs is 2. The van der Waals surface area contributed by atoms with Crippen LogP contribution in [0.3, 0.4) is 0 Å². The van der Waals surface area contributed by atoms with Crippen LogP contribution in [0.25, 0.3) is 50.4 Å². The third-order valence-corrected chi connectivity index (χ3v) is 4.71. The first kappa shape index (κ1) is 17.7. The quantitative estimate of drug-likeness (QED) is 0.340. The van der Waals surface area contributed by atoms with Crippen molar-refractivity contribution < 1.29 is 4.42 Å². The number of aromatic nitrogens is 6. The number of pyridine rings is 2. The van der Waals surface area contributed by atoms with E-state index in [2.05, 4.69) is 41.9 Å². The third-order valence-electron chi connectivity index (χ3n) is 4.71. The zero-order chi connectivity index (χ0) is 20.5. The number of H-pyrrole nitrogens is 2. The first-order valence-corrected chi connectivity index (χ1v) is 9.11. The molecule has 2 N–H and O–H groups in total. The summed E-state index contributed by atoms with van der Waals surface area (Å²) in [5.74, 6) is 0.653. The summed E-state index contributed by atoms with van der Waals surface area (Å²) in [6.07, 6.45) is 9.86. The van der Waals surface area contributed by atoms with Crippen LogP contribution in [0, 0.1) is 0 Å². The SMILES string of the molecule is C=NC=N/C=C(\C)c1cnc2n[nH]c(-c3nc4c(-c5ccoc5)nccc4[nH]3)c2c1. The second-order valence-electron chi connectivity index (χ2n) is 6.61. The lowest BCUT2D eigenvalue weighted by Gasteiger charge is -2.00. The Balaban J connectivity index is 1.63.